The number of benzene rings is 2. The van der Waals surface area contributed by atoms with Crippen LogP contribution < -0.4 is 4.57 Å². The van der Waals surface area contributed by atoms with Gasteiger partial charge in [0.1, 0.15) is 7.05 Å². The van der Waals surface area contributed by atoms with Gasteiger partial charge in [-0.3, -0.25) is 0 Å². The number of hydrogen-bond acceptors (Lipinski definition) is 0. The fourth-order valence-electron chi connectivity index (χ4n) is 4.39. The Bertz CT molecular complexity index is 917. The highest BCUT2D eigenvalue weighted by molar-refractivity contribution is 5.79. The van der Waals surface area contributed by atoms with Gasteiger partial charge < -0.3 is 0 Å². The Kier molecular flexibility index (Phi) is 4.33. The zero-order valence-corrected chi connectivity index (χ0v) is 15.7. The molecule has 2 aromatic carbocycles. The summed E-state index contributed by atoms with van der Waals surface area (Å²) in [5.41, 5.74) is 8.12. The Hall–Kier alpha value is -2.15. The van der Waals surface area contributed by atoms with Gasteiger partial charge in [-0.1, -0.05) is 43.0 Å². The minimum atomic E-state index is 0.766. The molecule has 1 aliphatic carbocycles. The van der Waals surface area contributed by atoms with Gasteiger partial charge in [-0.05, 0) is 61.9 Å². The molecule has 0 spiro atoms. The molecule has 0 saturated heterocycles. The summed E-state index contributed by atoms with van der Waals surface area (Å²) >= 11 is 0. The van der Waals surface area contributed by atoms with Crippen LogP contribution in [0.2, 0.25) is 0 Å². The van der Waals surface area contributed by atoms with Crippen LogP contribution in [0.25, 0.3) is 22.2 Å². The van der Waals surface area contributed by atoms with Crippen LogP contribution >= 0.6 is 0 Å². The topological polar surface area (TPSA) is 3.88 Å². The zero-order chi connectivity index (χ0) is 17.4. The van der Waals surface area contributed by atoms with Crippen molar-refractivity contribution in [2.45, 2.75) is 51.9 Å². The lowest BCUT2D eigenvalue weighted by molar-refractivity contribution is -0.633. The lowest BCUT2D eigenvalue weighted by Crippen LogP contribution is -2.32. The van der Waals surface area contributed by atoms with Gasteiger partial charge in [-0.2, -0.15) is 4.57 Å². The highest BCUT2D eigenvalue weighted by Gasteiger charge is 2.19. The van der Waals surface area contributed by atoms with Gasteiger partial charge in [-0.25, -0.2) is 0 Å². The first kappa shape index (κ1) is 16.3. The molecule has 3 aromatic rings. The van der Waals surface area contributed by atoms with E-state index in [2.05, 4.69) is 74.0 Å². The van der Waals surface area contributed by atoms with Gasteiger partial charge in [0.2, 0.25) is 11.2 Å². The summed E-state index contributed by atoms with van der Waals surface area (Å²) in [4.78, 5) is 0. The molecule has 1 nitrogen and oxygen atoms in total. The van der Waals surface area contributed by atoms with Crippen molar-refractivity contribution in [3.63, 3.8) is 0 Å². The molecule has 0 N–H and O–H groups in total. The molecule has 0 bridgehead atoms. The Morgan fingerprint density at radius 3 is 2.44 bits per heavy atom. The van der Waals surface area contributed by atoms with Crippen LogP contribution in [0.5, 0.6) is 0 Å². The summed E-state index contributed by atoms with van der Waals surface area (Å²) in [5, 5.41) is 1.36. The molecule has 0 aliphatic heterocycles. The second-order valence-electron chi connectivity index (χ2n) is 7.75. The van der Waals surface area contributed by atoms with Crippen LogP contribution in [0.15, 0.2) is 48.5 Å². The first-order valence-electron chi connectivity index (χ1n) is 9.64. The van der Waals surface area contributed by atoms with E-state index in [4.69, 9.17) is 0 Å². The molecule has 128 valence electrons. The zero-order valence-electron chi connectivity index (χ0n) is 15.7. The maximum atomic E-state index is 2.43. The smallest absolute Gasteiger partial charge is 0.194 e. The minimum Gasteiger partial charge on any atom is -0.194 e. The van der Waals surface area contributed by atoms with Crippen LogP contribution in [-0.2, 0) is 7.05 Å². The average Bonchev–Trinajstić information content (AvgIpc) is 2.65. The number of pyridine rings is 1. The number of rotatable bonds is 2. The van der Waals surface area contributed by atoms with E-state index in [9.17, 15) is 0 Å². The molecule has 1 heteroatoms. The van der Waals surface area contributed by atoms with Crippen molar-refractivity contribution in [1.82, 2.24) is 0 Å². The monoisotopic (exact) mass is 330 g/mol. The van der Waals surface area contributed by atoms with E-state index < -0.39 is 0 Å². The lowest BCUT2D eigenvalue weighted by Gasteiger charge is -2.22. The summed E-state index contributed by atoms with van der Waals surface area (Å²) in [6.45, 7) is 4.37. The predicted octanol–water partition coefficient (Wildman–Crippen LogP) is 6.00. The van der Waals surface area contributed by atoms with E-state index in [0.717, 1.165) is 5.92 Å². The van der Waals surface area contributed by atoms with E-state index in [1.54, 1.807) is 0 Å². The van der Waals surface area contributed by atoms with Crippen molar-refractivity contribution >= 4 is 10.9 Å². The van der Waals surface area contributed by atoms with E-state index in [0.29, 0.717) is 0 Å². The SMILES string of the molecule is Cc1ccc(C)c(-c2ccc3cc(C4CCCCC4)ccc3[n+]2C)c1. The van der Waals surface area contributed by atoms with Gasteiger partial charge >= 0.3 is 0 Å². The Labute approximate surface area is 151 Å². The Morgan fingerprint density at radius 2 is 1.64 bits per heavy atom. The van der Waals surface area contributed by atoms with Crippen LogP contribution in [-0.4, -0.2) is 0 Å². The normalized spacial score (nSPS) is 15.6. The molecule has 1 aromatic heterocycles. The number of aromatic nitrogens is 1. The summed E-state index contributed by atoms with van der Waals surface area (Å²) in [7, 11) is 2.19. The molecule has 1 fully saturated rings. The first-order valence-corrected chi connectivity index (χ1v) is 9.64. The number of aryl methyl sites for hydroxylation is 3. The first-order chi connectivity index (χ1) is 12.1. The van der Waals surface area contributed by atoms with Crippen LogP contribution in [0, 0.1) is 13.8 Å². The van der Waals surface area contributed by atoms with E-state index in [-0.39, 0.29) is 0 Å². The quantitative estimate of drug-likeness (QED) is 0.508. The molecular weight excluding hydrogens is 302 g/mol. The van der Waals surface area contributed by atoms with Crippen LogP contribution in [0.3, 0.4) is 0 Å². The maximum absolute atomic E-state index is 2.43. The number of fused-ring (bicyclic) bond motifs is 1. The highest BCUT2D eigenvalue weighted by atomic mass is 14.9. The van der Waals surface area contributed by atoms with Gasteiger partial charge in [0, 0.05) is 23.1 Å². The minimum absolute atomic E-state index is 0.766. The summed E-state index contributed by atoms with van der Waals surface area (Å²) < 4.78 is 2.35. The second kappa shape index (κ2) is 6.63. The van der Waals surface area contributed by atoms with Crippen molar-refractivity contribution in [2.75, 3.05) is 0 Å². The van der Waals surface area contributed by atoms with Crippen LogP contribution in [0.1, 0.15) is 54.7 Å². The molecule has 1 heterocycles. The molecule has 4 rings (SSSR count). The standard InChI is InChI=1S/C24H28N/c1-17-9-10-18(2)22(15-17)24-14-12-21-16-20(11-13-23(21)25(24)3)19-7-5-4-6-8-19/h9-16,19H,4-8H2,1-3H3/q+1. The molecule has 1 saturated carbocycles. The van der Waals surface area contributed by atoms with Crippen molar-refractivity contribution < 1.29 is 4.57 Å². The van der Waals surface area contributed by atoms with E-state index in [1.165, 1.54) is 71.0 Å². The maximum Gasteiger partial charge on any atom is 0.213 e. The van der Waals surface area contributed by atoms with Gasteiger partial charge in [0.15, 0.2) is 0 Å². The molecule has 0 radical (unpaired) electrons. The Balaban J connectivity index is 1.79. The summed E-state index contributed by atoms with van der Waals surface area (Å²) in [6.07, 6.45) is 6.92. The third kappa shape index (κ3) is 3.08. The fourth-order valence-corrected chi connectivity index (χ4v) is 4.39. The Morgan fingerprint density at radius 1 is 0.840 bits per heavy atom. The summed E-state index contributed by atoms with van der Waals surface area (Å²) in [6, 6.07) is 18.4. The summed E-state index contributed by atoms with van der Waals surface area (Å²) in [5.74, 6) is 0.766. The largest absolute Gasteiger partial charge is 0.213 e. The molecule has 0 amide bonds. The van der Waals surface area contributed by atoms with Gasteiger partial charge in [-0.15, -0.1) is 0 Å². The van der Waals surface area contributed by atoms with E-state index in [1.807, 2.05) is 0 Å². The lowest BCUT2D eigenvalue weighted by atomic mass is 9.84. The van der Waals surface area contributed by atoms with Crippen molar-refractivity contribution in [2.24, 2.45) is 7.05 Å². The molecule has 0 unspecified atom stereocenters. The second-order valence-corrected chi connectivity index (χ2v) is 7.75. The van der Waals surface area contributed by atoms with Crippen molar-refractivity contribution in [3.05, 3.63) is 65.2 Å². The molecule has 25 heavy (non-hydrogen) atoms. The van der Waals surface area contributed by atoms with Crippen molar-refractivity contribution in [3.8, 4) is 11.3 Å². The highest BCUT2D eigenvalue weighted by Crippen LogP contribution is 2.34. The van der Waals surface area contributed by atoms with Gasteiger partial charge in [0.05, 0.1) is 0 Å². The predicted molar refractivity (Wildman–Crippen MR) is 106 cm³/mol. The molecule has 0 atom stereocenters. The third-order valence-corrected chi connectivity index (χ3v) is 5.94. The van der Waals surface area contributed by atoms with Crippen molar-refractivity contribution in [1.29, 1.82) is 0 Å². The number of nitrogens with zero attached hydrogens (tertiary/aromatic N) is 1. The average molecular weight is 330 g/mol. The number of hydrogen-bond donors (Lipinski definition) is 0. The van der Waals surface area contributed by atoms with Gasteiger partial charge in [0.25, 0.3) is 0 Å². The van der Waals surface area contributed by atoms with E-state index >= 15 is 0 Å². The molecular formula is C24H28N+. The van der Waals surface area contributed by atoms with Crippen LogP contribution in [0.4, 0.5) is 0 Å². The fraction of sp³-hybridized carbons (Fsp3) is 0.375. The molecule has 1 aliphatic rings. The third-order valence-electron chi connectivity index (χ3n) is 5.94.